The van der Waals surface area contributed by atoms with Gasteiger partial charge >= 0.3 is 5.97 Å². The molecule has 0 atom stereocenters. The quantitative estimate of drug-likeness (QED) is 0.802. The number of anilines is 1. The SMILES string of the molecule is COC(=O)c1ccc(F)cc1NC(=O)CC1CNC1. The van der Waals surface area contributed by atoms with Gasteiger partial charge < -0.3 is 15.4 Å². The lowest BCUT2D eigenvalue weighted by molar-refractivity contribution is -0.117. The van der Waals surface area contributed by atoms with Gasteiger partial charge in [0.15, 0.2) is 0 Å². The summed E-state index contributed by atoms with van der Waals surface area (Å²) in [7, 11) is 1.23. The molecule has 1 aromatic rings. The molecular formula is C13H15FN2O3. The summed E-state index contributed by atoms with van der Waals surface area (Å²) in [6, 6.07) is 3.56. The van der Waals surface area contributed by atoms with Crippen LogP contribution in [0.5, 0.6) is 0 Å². The van der Waals surface area contributed by atoms with Gasteiger partial charge in [-0.1, -0.05) is 0 Å². The Morgan fingerprint density at radius 3 is 2.79 bits per heavy atom. The number of halogens is 1. The molecule has 1 aliphatic rings. The fourth-order valence-electron chi connectivity index (χ4n) is 1.86. The Kier molecular flexibility index (Phi) is 4.11. The van der Waals surface area contributed by atoms with Crippen molar-refractivity contribution in [1.29, 1.82) is 0 Å². The Labute approximate surface area is 110 Å². The van der Waals surface area contributed by atoms with Crippen LogP contribution in [0, 0.1) is 11.7 Å². The Balaban J connectivity index is 2.10. The van der Waals surface area contributed by atoms with Crippen molar-refractivity contribution in [3.8, 4) is 0 Å². The second kappa shape index (κ2) is 5.79. The zero-order valence-corrected chi connectivity index (χ0v) is 10.5. The third kappa shape index (κ3) is 3.29. The van der Waals surface area contributed by atoms with E-state index < -0.39 is 11.8 Å². The van der Waals surface area contributed by atoms with E-state index in [1.807, 2.05) is 0 Å². The van der Waals surface area contributed by atoms with E-state index in [0.717, 1.165) is 25.2 Å². The highest BCUT2D eigenvalue weighted by Gasteiger charge is 2.21. The number of methoxy groups -OCH3 is 1. The number of esters is 1. The van der Waals surface area contributed by atoms with Gasteiger partial charge in [-0.15, -0.1) is 0 Å². The van der Waals surface area contributed by atoms with E-state index in [1.165, 1.54) is 13.2 Å². The van der Waals surface area contributed by atoms with Gasteiger partial charge in [-0.3, -0.25) is 4.79 Å². The summed E-state index contributed by atoms with van der Waals surface area (Å²) < 4.78 is 17.8. The third-order valence-corrected chi connectivity index (χ3v) is 3.00. The van der Waals surface area contributed by atoms with E-state index in [9.17, 15) is 14.0 Å². The number of rotatable bonds is 4. The number of amides is 1. The van der Waals surface area contributed by atoms with Gasteiger partial charge in [0.25, 0.3) is 0 Å². The molecular weight excluding hydrogens is 251 g/mol. The predicted molar refractivity (Wildman–Crippen MR) is 67.3 cm³/mol. The highest BCUT2D eigenvalue weighted by atomic mass is 19.1. The van der Waals surface area contributed by atoms with Crippen LogP contribution in [-0.4, -0.2) is 32.1 Å². The van der Waals surface area contributed by atoms with Crippen LogP contribution < -0.4 is 10.6 Å². The maximum atomic E-state index is 13.2. The Bertz CT molecular complexity index is 501. The average Bonchev–Trinajstić information content (AvgIpc) is 2.33. The van der Waals surface area contributed by atoms with Gasteiger partial charge in [0.2, 0.25) is 5.91 Å². The van der Waals surface area contributed by atoms with Crippen LogP contribution in [0.3, 0.4) is 0 Å². The molecule has 0 bridgehead atoms. The summed E-state index contributed by atoms with van der Waals surface area (Å²) in [6.45, 7) is 1.61. The summed E-state index contributed by atoms with van der Waals surface area (Å²) in [6.07, 6.45) is 0.351. The molecule has 19 heavy (non-hydrogen) atoms. The lowest BCUT2D eigenvalue weighted by atomic mass is 9.99. The van der Waals surface area contributed by atoms with Crippen molar-refractivity contribution in [1.82, 2.24) is 5.32 Å². The molecule has 1 saturated heterocycles. The summed E-state index contributed by atoms with van der Waals surface area (Å²) in [5.41, 5.74) is 0.285. The summed E-state index contributed by atoms with van der Waals surface area (Å²) in [4.78, 5) is 23.3. The largest absolute Gasteiger partial charge is 0.465 e. The monoisotopic (exact) mass is 266 g/mol. The Morgan fingerprint density at radius 1 is 1.47 bits per heavy atom. The van der Waals surface area contributed by atoms with Crippen LogP contribution in [0.1, 0.15) is 16.8 Å². The molecule has 1 heterocycles. The van der Waals surface area contributed by atoms with Crippen LogP contribution in [0.4, 0.5) is 10.1 Å². The molecule has 0 aliphatic carbocycles. The van der Waals surface area contributed by atoms with E-state index in [0.29, 0.717) is 12.3 Å². The molecule has 6 heteroatoms. The number of ether oxygens (including phenoxy) is 1. The van der Waals surface area contributed by atoms with Gasteiger partial charge in [0.1, 0.15) is 5.82 Å². The van der Waals surface area contributed by atoms with Gasteiger partial charge in [-0.05, 0) is 37.2 Å². The smallest absolute Gasteiger partial charge is 0.339 e. The Hall–Kier alpha value is -1.95. The number of nitrogens with one attached hydrogen (secondary N) is 2. The average molecular weight is 266 g/mol. The third-order valence-electron chi connectivity index (χ3n) is 3.00. The van der Waals surface area contributed by atoms with Crippen molar-refractivity contribution in [3.05, 3.63) is 29.6 Å². The molecule has 2 rings (SSSR count). The topological polar surface area (TPSA) is 67.4 Å². The summed E-state index contributed by atoms with van der Waals surface area (Å²) in [5.74, 6) is -1.06. The van der Waals surface area contributed by atoms with Gasteiger partial charge in [-0.25, -0.2) is 9.18 Å². The highest BCUT2D eigenvalue weighted by Crippen LogP contribution is 2.19. The first-order chi connectivity index (χ1) is 9.10. The zero-order chi connectivity index (χ0) is 13.8. The molecule has 1 amide bonds. The number of carbonyl (C=O) groups excluding carboxylic acids is 2. The van der Waals surface area contributed by atoms with Crippen LogP contribution in [0.2, 0.25) is 0 Å². The van der Waals surface area contributed by atoms with Crippen molar-refractivity contribution in [2.24, 2.45) is 5.92 Å². The number of benzene rings is 1. The maximum Gasteiger partial charge on any atom is 0.339 e. The zero-order valence-electron chi connectivity index (χ0n) is 10.5. The van der Waals surface area contributed by atoms with Gasteiger partial charge in [-0.2, -0.15) is 0 Å². The van der Waals surface area contributed by atoms with E-state index >= 15 is 0 Å². The maximum absolute atomic E-state index is 13.2. The fourth-order valence-corrected chi connectivity index (χ4v) is 1.86. The fraction of sp³-hybridized carbons (Fsp3) is 0.385. The van der Waals surface area contributed by atoms with E-state index in [4.69, 9.17) is 0 Å². The second-order valence-electron chi connectivity index (χ2n) is 4.46. The second-order valence-corrected chi connectivity index (χ2v) is 4.46. The normalized spacial score (nSPS) is 14.6. The first-order valence-electron chi connectivity index (χ1n) is 5.98. The molecule has 1 fully saturated rings. The lowest BCUT2D eigenvalue weighted by Crippen LogP contribution is -2.43. The summed E-state index contributed by atoms with van der Waals surface area (Å²) >= 11 is 0. The first-order valence-corrected chi connectivity index (χ1v) is 5.98. The minimum absolute atomic E-state index is 0.143. The van der Waals surface area contributed by atoms with Crippen LogP contribution >= 0.6 is 0 Å². The molecule has 5 nitrogen and oxygen atoms in total. The predicted octanol–water partition coefficient (Wildman–Crippen LogP) is 1.16. The van der Waals surface area contributed by atoms with Crippen LogP contribution in [-0.2, 0) is 9.53 Å². The van der Waals surface area contributed by atoms with Crippen LogP contribution in [0.25, 0.3) is 0 Å². The van der Waals surface area contributed by atoms with Gasteiger partial charge in [0, 0.05) is 6.42 Å². The molecule has 1 aliphatic heterocycles. The van der Waals surface area contributed by atoms with Crippen molar-refractivity contribution < 1.29 is 18.7 Å². The highest BCUT2D eigenvalue weighted by molar-refractivity contribution is 6.01. The van der Waals surface area contributed by atoms with E-state index in [2.05, 4.69) is 15.4 Å². The first kappa shape index (κ1) is 13.5. The van der Waals surface area contributed by atoms with Crippen LogP contribution in [0.15, 0.2) is 18.2 Å². The van der Waals surface area contributed by atoms with Crippen molar-refractivity contribution in [2.75, 3.05) is 25.5 Å². The molecule has 0 unspecified atom stereocenters. The standard InChI is InChI=1S/C13H15FN2O3/c1-19-13(18)10-3-2-9(14)5-11(10)16-12(17)4-8-6-15-7-8/h2-3,5,8,15H,4,6-7H2,1H3,(H,16,17). The molecule has 2 N–H and O–H groups in total. The van der Waals surface area contributed by atoms with E-state index in [1.54, 1.807) is 0 Å². The van der Waals surface area contributed by atoms with E-state index in [-0.39, 0.29) is 17.2 Å². The lowest BCUT2D eigenvalue weighted by Gasteiger charge is -2.26. The molecule has 1 aromatic carbocycles. The van der Waals surface area contributed by atoms with Crippen molar-refractivity contribution in [3.63, 3.8) is 0 Å². The molecule has 0 saturated carbocycles. The molecule has 0 radical (unpaired) electrons. The number of hydrogen-bond donors (Lipinski definition) is 2. The molecule has 0 aromatic heterocycles. The van der Waals surface area contributed by atoms with Gasteiger partial charge in [0.05, 0.1) is 18.4 Å². The molecule has 102 valence electrons. The molecule has 0 spiro atoms. The van der Waals surface area contributed by atoms with Crippen molar-refractivity contribution in [2.45, 2.75) is 6.42 Å². The summed E-state index contributed by atoms with van der Waals surface area (Å²) in [5, 5.41) is 5.62. The number of carbonyl (C=O) groups is 2. The number of hydrogen-bond acceptors (Lipinski definition) is 4. The minimum Gasteiger partial charge on any atom is -0.465 e. The Morgan fingerprint density at radius 2 is 2.21 bits per heavy atom. The minimum atomic E-state index is -0.611. The van der Waals surface area contributed by atoms with Crippen molar-refractivity contribution >= 4 is 17.6 Å².